The molecule has 0 aliphatic carbocycles. The molecule has 4 N–H and O–H groups in total. The van der Waals surface area contributed by atoms with Gasteiger partial charge in [0.1, 0.15) is 12.0 Å². The normalized spacial score (nSPS) is 19.3. The van der Waals surface area contributed by atoms with Gasteiger partial charge in [-0.15, -0.1) is 11.3 Å². The van der Waals surface area contributed by atoms with Crippen molar-refractivity contribution in [1.82, 2.24) is 4.90 Å². The number of nitrogens with zero attached hydrogens (tertiary/aromatic N) is 3. The number of nitrogens with one attached hydrogen (secondary N) is 2. The smallest absolute Gasteiger partial charge is 0.393 e. The van der Waals surface area contributed by atoms with Crippen LogP contribution in [0, 0.1) is 24.2 Å². The number of halogens is 5. The number of rotatable bonds is 11. The molecule has 0 bridgehead atoms. The van der Waals surface area contributed by atoms with Crippen molar-refractivity contribution in [1.29, 1.82) is 0 Å². The fraction of sp³-hybridized carbons (Fsp3) is 0.485. The molecule has 2 aliphatic rings. The van der Waals surface area contributed by atoms with Gasteiger partial charge in [0.2, 0.25) is 0 Å². The summed E-state index contributed by atoms with van der Waals surface area (Å²) in [5.41, 5.74) is 1.08. The second-order valence-corrected chi connectivity index (χ2v) is 12.5. The van der Waals surface area contributed by atoms with Gasteiger partial charge in [-0.3, -0.25) is 9.74 Å². The minimum atomic E-state index is -4.50. The summed E-state index contributed by atoms with van der Waals surface area (Å²) in [6.45, 7) is 8.87. The molecule has 3 atom stereocenters. The zero-order chi connectivity index (χ0) is 34.3. The Morgan fingerprint density at radius 1 is 1.19 bits per heavy atom. The van der Waals surface area contributed by atoms with Crippen LogP contribution in [-0.4, -0.2) is 105 Å². The number of benzene rings is 2. The number of morpholine rings is 1. The molecule has 2 saturated heterocycles. The number of hydrogen-bond donors (Lipinski definition) is 4. The van der Waals surface area contributed by atoms with Gasteiger partial charge < -0.3 is 35.2 Å². The highest BCUT2D eigenvalue weighted by molar-refractivity contribution is 7.20. The molecule has 3 heterocycles. The lowest BCUT2D eigenvalue weighted by Gasteiger charge is -2.36. The summed E-state index contributed by atoms with van der Waals surface area (Å²) in [5, 5.41) is 25.3. The van der Waals surface area contributed by atoms with Crippen LogP contribution in [0.4, 0.5) is 39.0 Å². The van der Waals surface area contributed by atoms with Crippen molar-refractivity contribution in [3.8, 4) is 17.6 Å². The first-order valence-corrected chi connectivity index (χ1v) is 16.3. The summed E-state index contributed by atoms with van der Waals surface area (Å²) >= 11 is 1.08. The molecule has 0 spiro atoms. The summed E-state index contributed by atoms with van der Waals surface area (Å²) < 4.78 is 82.9. The lowest BCUT2D eigenvalue weighted by Crippen LogP contribution is -2.50. The summed E-state index contributed by atoms with van der Waals surface area (Å²) in [6.07, 6.45) is -7.59. The van der Waals surface area contributed by atoms with Gasteiger partial charge in [0.05, 0.1) is 71.6 Å². The number of alkyl halides is 4. The molecule has 5 rings (SSSR count). The molecule has 2 aromatic carbocycles. The molecule has 2 fully saturated rings. The number of thiophene rings is 1. The average molecular weight is 694 g/mol. The van der Waals surface area contributed by atoms with Gasteiger partial charge in [-0.1, -0.05) is 24.0 Å². The minimum Gasteiger partial charge on any atom is -0.424 e. The maximum Gasteiger partial charge on any atom is 0.393 e. The summed E-state index contributed by atoms with van der Waals surface area (Å²) in [4.78, 5) is 6.96. The van der Waals surface area contributed by atoms with E-state index in [0.717, 1.165) is 11.3 Å². The van der Waals surface area contributed by atoms with Crippen LogP contribution < -0.4 is 20.3 Å². The average Bonchev–Trinajstić information content (AvgIpc) is 3.40. The van der Waals surface area contributed by atoms with Gasteiger partial charge in [-0.05, 0) is 23.4 Å². The van der Waals surface area contributed by atoms with Crippen LogP contribution in [0.15, 0.2) is 30.3 Å². The van der Waals surface area contributed by atoms with E-state index >= 15 is 8.78 Å². The van der Waals surface area contributed by atoms with E-state index in [1.54, 1.807) is 23.1 Å². The second-order valence-electron chi connectivity index (χ2n) is 11.5. The van der Waals surface area contributed by atoms with E-state index in [1.807, 2.05) is 4.90 Å². The van der Waals surface area contributed by atoms with Crippen LogP contribution in [0.5, 0.6) is 5.75 Å². The summed E-state index contributed by atoms with van der Waals surface area (Å²) in [5.74, 6) is 5.43. The van der Waals surface area contributed by atoms with Crippen molar-refractivity contribution < 1.29 is 41.6 Å². The van der Waals surface area contributed by atoms with Gasteiger partial charge in [0.15, 0.2) is 5.75 Å². The molecule has 0 amide bonds. The third-order valence-corrected chi connectivity index (χ3v) is 9.29. The molecule has 0 radical (unpaired) electrons. The number of anilines is 3. The van der Waals surface area contributed by atoms with E-state index in [4.69, 9.17) is 21.2 Å². The van der Waals surface area contributed by atoms with Crippen LogP contribution in [0.3, 0.4) is 0 Å². The molecule has 3 aromatic rings. The molecule has 9 nitrogen and oxygen atoms in total. The third kappa shape index (κ3) is 8.98. The van der Waals surface area contributed by atoms with Crippen molar-refractivity contribution in [3.05, 3.63) is 58.0 Å². The van der Waals surface area contributed by atoms with E-state index in [9.17, 15) is 18.3 Å². The zero-order valence-electron chi connectivity index (χ0n) is 26.0. The van der Waals surface area contributed by atoms with E-state index in [1.165, 1.54) is 12.1 Å². The fourth-order valence-electron chi connectivity index (χ4n) is 5.83. The SMILES string of the molecule is [C-]#[N+]COc1cc(N2CCOCC2)c(F)cc1NCC#Cc1sc2c(NC3CCN(CC(O)CO)CC3F)cccc2c1CC(F)(F)F. The van der Waals surface area contributed by atoms with Crippen molar-refractivity contribution >= 4 is 38.5 Å². The Kier molecular flexibility index (Phi) is 11.8. The molecule has 15 heteroatoms. The summed E-state index contributed by atoms with van der Waals surface area (Å²) in [6, 6.07) is 7.06. The number of fused-ring (bicyclic) bond motifs is 1. The maximum atomic E-state index is 15.2. The van der Waals surface area contributed by atoms with Gasteiger partial charge in [0, 0.05) is 44.9 Å². The van der Waals surface area contributed by atoms with Gasteiger partial charge >= 0.3 is 12.9 Å². The van der Waals surface area contributed by atoms with Crippen LogP contribution >= 0.6 is 11.3 Å². The van der Waals surface area contributed by atoms with Crippen molar-refractivity contribution in [2.45, 2.75) is 37.3 Å². The van der Waals surface area contributed by atoms with Gasteiger partial charge in [-0.2, -0.15) is 13.2 Å². The number of piperidine rings is 1. The topological polar surface area (TPSA) is 93.8 Å². The Hall–Kier alpha value is -3.86. The number of β-amino-alcohol motifs (C(OH)–C–C–N with tert-alkyl or cyclic N) is 1. The highest BCUT2D eigenvalue weighted by Crippen LogP contribution is 2.40. The standard InChI is InChI=1S/C33H36F5N5O4S/c1-39-20-47-30-15-29(43-10-12-46-13-11-43)24(34)14-28(30)40-8-3-6-31-23(16-33(36,37)38)22-4-2-5-27(32(22)48-31)41-26-7-9-42(18-25(26)35)17-21(45)19-44/h2,4-5,14-15,21,25-26,40-41,44-45H,7-13,16-20H2. The lowest BCUT2D eigenvalue weighted by molar-refractivity contribution is -0.126. The van der Waals surface area contributed by atoms with Crippen LogP contribution in [0.2, 0.25) is 0 Å². The Balaban J connectivity index is 1.36. The highest BCUT2D eigenvalue weighted by Gasteiger charge is 2.33. The number of aliphatic hydroxyl groups excluding tert-OH is 2. The largest absolute Gasteiger partial charge is 0.424 e. The van der Waals surface area contributed by atoms with E-state index in [0.29, 0.717) is 60.7 Å². The first-order valence-electron chi connectivity index (χ1n) is 15.4. The van der Waals surface area contributed by atoms with Crippen LogP contribution in [0.25, 0.3) is 14.9 Å². The van der Waals surface area contributed by atoms with Crippen LogP contribution in [-0.2, 0) is 11.2 Å². The maximum absolute atomic E-state index is 15.2. The summed E-state index contributed by atoms with van der Waals surface area (Å²) in [7, 11) is 0. The molecular weight excluding hydrogens is 657 g/mol. The minimum absolute atomic E-state index is 0.0187. The Bertz CT molecular complexity index is 1660. The van der Waals surface area contributed by atoms with E-state index in [2.05, 4.69) is 27.3 Å². The predicted octanol–water partition coefficient (Wildman–Crippen LogP) is 4.88. The molecule has 3 unspecified atom stereocenters. The number of ether oxygens (including phenoxy) is 2. The van der Waals surface area contributed by atoms with Gasteiger partial charge in [0.25, 0.3) is 0 Å². The first kappa shape index (κ1) is 35.4. The molecule has 2 aliphatic heterocycles. The molecule has 258 valence electrons. The van der Waals surface area contributed by atoms with E-state index < -0.39 is 43.3 Å². The first-order chi connectivity index (χ1) is 23.1. The number of aliphatic hydroxyl groups is 2. The Morgan fingerprint density at radius 2 is 1.98 bits per heavy atom. The third-order valence-electron chi connectivity index (χ3n) is 8.10. The van der Waals surface area contributed by atoms with Crippen molar-refractivity contribution in [3.63, 3.8) is 0 Å². The quantitative estimate of drug-likeness (QED) is 0.128. The lowest BCUT2D eigenvalue weighted by atomic mass is 10.0. The van der Waals surface area contributed by atoms with Crippen molar-refractivity contribution in [2.75, 3.05) is 81.4 Å². The number of likely N-dealkylation sites (tertiary alicyclic amines) is 1. The second kappa shape index (κ2) is 16.0. The Labute approximate surface area is 279 Å². The fourth-order valence-corrected chi connectivity index (χ4v) is 7.00. The van der Waals surface area contributed by atoms with Crippen molar-refractivity contribution in [2.24, 2.45) is 0 Å². The highest BCUT2D eigenvalue weighted by atomic mass is 32.1. The van der Waals surface area contributed by atoms with Gasteiger partial charge in [-0.25, -0.2) is 15.4 Å². The van der Waals surface area contributed by atoms with E-state index in [-0.39, 0.29) is 48.2 Å². The number of hydrogen-bond acceptors (Lipinski definition) is 9. The monoisotopic (exact) mass is 693 g/mol. The molecule has 0 saturated carbocycles. The van der Waals surface area contributed by atoms with Crippen LogP contribution in [0.1, 0.15) is 16.9 Å². The molecular formula is C33H36F5N5O4S. The zero-order valence-corrected chi connectivity index (χ0v) is 26.8. The molecule has 1 aromatic heterocycles. The Morgan fingerprint density at radius 3 is 2.69 bits per heavy atom. The molecule has 48 heavy (non-hydrogen) atoms. The predicted molar refractivity (Wildman–Crippen MR) is 175 cm³/mol.